The van der Waals surface area contributed by atoms with Crippen molar-refractivity contribution < 1.29 is 15.0 Å². The highest BCUT2D eigenvalue weighted by atomic mass is 32.1. The van der Waals surface area contributed by atoms with Gasteiger partial charge in [0.1, 0.15) is 0 Å². The molecule has 22 heavy (non-hydrogen) atoms. The molecular weight excluding hydrogens is 338 g/mol. The summed E-state index contributed by atoms with van der Waals surface area (Å²) in [6.07, 6.45) is 0. The Morgan fingerprint density at radius 1 is 1.05 bits per heavy atom. The minimum Gasteiger partial charge on any atom is -0.480 e. The zero-order valence-electron chi connectivity index (χ0n) is 11.4. The molecule has 4 N–H and O–H groups in total. The van der Waals surface area contributed by atoms with Crippen molar-refractivity contribution >= 4 is 40.0 Å². The summed E-state index contributed by atoms with van der Waals surface area (Å²) in [6, 6.07) is 11.7. The van der Waals surface area contributed by atoms with E-state index in [1.165, 1.54) is 21.1 Å². The fourth-order valence-electron chi connectivity index (χ4n) is 1.98. The predicted octanol–water partition coefficient (Wildman–Crippen LogP) is 3.44. The Balaban J connectivity index is 1.93. The lowest BCUT2D eigenvalue weighted by Crippen LogP contribution is -2.47. The van der Waals surface area contributed by atoms with E-state index in [-0.39, 0.29) is 0 Å². The Hall–Kier alpha value is -1.51. The van der Waals surface area contributed by atoms with Crippen LogP contribution in [0.5, 0.6) is 0 Å². The second-order valence-electron chi connectivity index (χ2n) is 4.74. The summed E-state index contributed by atoms with van der Waals surface area (Å²) < 4.78 is 0. The lowest BCUT2D eigenvalue weighted by Gasteiger charge is -2.19. The van der Waals surface area contributed by atoms with Crippen LogP contribution in [0.2, 0.25) is 0 Å². The van der Waals surface area contributed by atoms with Gasteiger partial charge in [0.15, 0.2) is 5.54 Å². The summed E-state index contributed by atoms with van der Waals surface area (Å²) >= 11 is 4.64. The first-order valence-corrected chi connectivity index (χ1v) is 8.93. The Kier molecular flexibility index (Phi) is 4.16. The molecule has 3 aromatic rings. The Bertz CT molecular complexity index is 791. The van der Waals surface area contributed by atoms with Gasteiger partial charge in [-0.2, -0.15) is 0 Å². The van der Waals surface area contributed by atoms with Crippen LogP contribution < -0.4 is 5.73 Å². The van der Waals surface area contributed by atoms with Crippen molar-refractivity contribution in [2.75, 3.05) is 6.61 Å². The van der Waals surface area contributed by atoms with E-state index in [1.54, 1.807) is 28.7 Å². The molecule has 0 aliphatic rings. The summed E-state index contributed by atoms with van der Waals surface area (Å²) in [7, 11) is 0. The van der Waals surface area contributed by atoms with E-state index in [9.17, 15) is 15.0 Å². The first-order chi connectivity index (χ1) is 10.5. The maximum absolute atomic E-state index is 11.3. The molecule has 114 valence electrons. The molecule has 0 fully saturated rings. The number of nitrogens with two attached hydrogens (primary N) is 1. The van der Waals surface area contributed by atoms with Gasteiger partial charge in [0.25, 0.3) is 0 Å². The topological polar surface area (TPSA) is 83.5 Å². The minimum absolute atomic E-state index is 0.448. The van der Waals surface area contributed by atoms with Crippen LogP contribution in [-0.2, 0) is 10.3 Å². The summed E-state index contributed by atoms with van der Waals surface area (Å²) in [5.41, 5.74) is 4.06. The Labute approximate surface area is 139 Å². The number of carboxylic acid groups (broad SMARTS) is 1. The zero-order chi connectivity index (χ0) is 15.7. The van der Waals surface area contributed by atoms with E-state index in [1.807, 2.05) is 23.6 Å². The number of hydrogen-bond donors (Lipinski definition) is 3. The van der Waals surface area contributed by atoms with Crippen LogP contribution in [0.25, 0.3) is 19.5 Å². The van der Waals surface area contributed by atoms with E-state index < -0.39 is 18.1 Å². The maximum Gasteiger partial charge on any atom is 0.331 e. The number of aliphatic hydroxyl groups is 1. The second kappa shape index (κ2) is 5.94. The van der Waals surface area contributed by atoms with Crippen molar-refractivity contribution in [1.29, 1.82) is 0 Å². The lowest BCUT2D eigenvalue weighted by atomic mass is 10.0. The molecule has 0 unspecified atom stereocenters. The smallest absolute Gasteiger partial charge is 0.331 e. The molecule has 4 nitrogen and oxygen atoms in total. The molecule has 3 rings (SSSR count). The number of aliphatic carboxylic acids is 1. The van der Waals surface area contributed by atoms with Gasteiger partial charge < -0.3 is 15.9 Å². The first kappa shape index (κ1) is 15.4. The highest BCUT2D eigenvalue weighted by Gasteiger charge is 2.37. The highest BCUT2D eigenvalue weighted by Crippen LogP contribution is 2.40. The quantitative estimate of drug-likeness (QED) is 0.657. The predicted molar refractivity (Wildman–Crippen MR) is 91.5 cm³/mol. The average Bonchev–Trinajstić information content (AvgIpc) is 3.24. The van der Waals surface area contributed by atoms with Crippen molar-refractivity contribution in [3.63, 3.8) is 0 Å². The van der Waals surface area contributed by atoms with Crippen LogP contribution in [0.3, 0.4) is 0 Å². The fourth-order valence-corrected chi connectivity index (χ4v) is 5.00. The molecule has 7 heteroatoms. The summed E-state index contributed by atoms with van der Waals surface area (Å²) in [5, 5.41) is 20.6. The van der Waals surface area contributed by atoms with Gasteiger partial charge in [0, 0.05) is 24.4 Å². The summed E-state index contributed by atoms with van der Waals surface area (Å²) in [6.45, 7) is -0.632. The molecule has 3 heterocycles. The number of thiophene rings is 3. The molecule has 3 aromatic heterocycles. The Morgan fingerprint density at radius 3 is 2.27 bits per heavy atom. The van der Waals surface area contributed by atoms with Gasteiger partial charge in [0.2, 0.25) is 0 Å². The van der Waals surface area contributed by atoms with Gasteiger partial charge in [-0.05, 0) is 35.7 Å². The van der Waals surface area contributed by atoms with E-state index in [2.05, 4.69) is 12.1 Å². The minimum atomic E-state index is -1.74. The molecule has 0 spiro atoms. The van der Waals surface area contributed by atoms with E-state index in [4.69, 9.17) is 5.73 Å². The van der Waals surface area contributed by atoms with Gasteiger partial charge in [0.05, 0.1) is 6.61 Å². The van der Waals surface area contributed by atoms with Crippen molar-refractivity contribution in [2.24, 2.45) is 5.73 Å². The second-order valence-corrected chi connectivity index (χ2v) is 7.85. The normalized spacial score (nSPS) is 13.9. The molecule has 0 saturated heterocycles. The average molecular weight is 351 g/mol. The fraction of sp³-hybridized carbons (Fsp3) is 0.133. The third-order valence-corrected chi connectivity index (χ3v) is 6.90. The summed E-state index contributed by atoms with van der Waals surface area (Å²) in [5.74, 6) is -1.23. The lowest BCUT2D eigenvalue weighted by molar-refractivity contribution is -0.145. The van der Waals surface area contributed by atoms with Crippen molar-refractivity contribution in [3.8, 4) is 19.5 Å². The molecular formula is C15H13NO3S3. The van der Waals surface area contributed by atoms with E-state index >= 15 is 0 Å². The molecule has 0 aliphatic heterocycles. The highest BCUT2D eigenvalue weighted by molar-refractivity contribution is 7.26. The van der Waals surface area contributed by atoms with Crippen molar-refractivity contribution in [1.82, 2.24) is 0 Å². The summed E-state index contributed by atoms with van der Waals surface area (Å²) in [4.78, 5) is 16.1. The van der Waals surface area contributed by atoms with Gasteiger partial charge in [-0.15, -0.1) is 34.0 Å². The third kappa shape index (κ3) is 2.62. The monoisotopic (exact) mass is 351 g/mol. The van der Waals surface area contributed by atoms with Crippen LogP contribution in [0.1, 0.15) is 4.88 Å². The number of rotatable bonds is 5. The van der Waals surface area contributed by atoms with Crippen molar-refractivity contribution in [3.05, 3.63) is 46.7 Å². The van der Waals surface area contributed by atoms with Crippen molar-refractivity contribution in [2.45, 2.75) is 5.54 Å². The van der Waals surface area contributed by atoms with Gasteiger partial charge >= 0.3 is 5.97 Å². The zero-order valence-corrected chi connectivity index (χ0v) is 13.8. The number of carbonyl (C=O) groups is 1. The third-order valence-electron chi connectivity index (χ3n) is 3.29. The van der Waals surface area contributed by atoms with Crippen LogP contribution in [0, 0.1) is 0 Å². The van der Waals surface area contributed by atoms with Crippen LogP contribution in [0.15, 0.2) is 41.8 Å². The molecule has 0 radical (unpaired) electrons. The molecule has 0 saturated carbocycles. The molecule has 0 aromatic carbocycles. The van der Waals surface area contributed by atoms with Gasteiger partial charge in [-0.25, -0.2) is 4.79 Å². The molecule has 0 aliphatic carbocycles. The van der Waals surface area contributed by atoms with Gasteiger partial charge in [-0.1, -0.05) is 6.07 Å². The SMILES string of the molecule is N[C@@](CO)(C(=O)O)c1ccc(-c2ccc(-c3cccs3)s2)s1. The molecule has 0 bridgehead atoms. The van der Waals surface area contributed by atoms with Crippen LogP contribution >= 0.6 is 34.0 Å². The maximum atomic E-state index is 11.3. The first-order valence-electron chi connectivity index (χ1n) is 6.42. The van der Waals surface area contributed by atoms with Crippen LogP contribution in [0.4, 0.5) is 0 Å². The number of carboxylic acids is 1. The van der Waals surface area contributed by atoms with E-state index in [0.717, 1.165) is 9.75 Å². The van der Waals surface area contributed by atoms with Crippen LogP contribution in [-0.4, -0.2) is 22.8 Å². The van der Waals surface area contributed by atoms with Gasteiger partial charge in [-0.3, -0.25) is 0 Å². The molecule has 1 atom stereocenters. The number of aliphatic hydroxyl groups excluding tert-OH is 1. The standard InChI is InChI=1S/C15H13NO3S3/c16-15(8-17,14(18)19)13-6-5-12(22-13)11-4-3-10(21-11)9-2-1-7-20-9/h1-7,17H,8,16H2,(H,18,19)/t15-/m1/s1. The Morgan fingerprint density at radius 2 is 1.68 bits per heavy atom. The largest absolute Gasteiger partial charge is 0.480 e. The number of hydrogen-bond acceptors (Lipinski definition) is 6. The van der Waals surface area contributed by atoms with E-state index in [0.29, 0.717) is 4.88 Å². The molecule has 0 amide bonds.